The SMILES string of the molecule is CC(=O)N(CC(=O)N1CCCC1)c1ccc(Cl)c(C(F)(F)F)c1. The molecule has 1 aliphatic heterocycles. The number of halogens is 4. The van der Waals surface area contributed by atoms with Gasteiger partial charge in [0.05, 0.1) is 10.6 Å². The van der Waals surface area contributed by atoms with Gasteiger partial charge in [0.2, 0.25) is 11.8 Å². The lowest BCUT2D eigenvalue weighted by Crippen LogP contribution is -2.41. The molecule has 1 aromatic carbocycles. The van der Waals surface area contributed by atoms with E-state index in [9.17, 15) is 22.8 Å². The number of alkyl halides is 3. The average molecular weight is 349 g/mol. The molecule has 2 amide bonds. The fourth-order valence-electron chi connectivity index (χ4n) is 2.48. The van der Waals surface area contributed by atoms with Crippen LogP contribution in [0.15, 0.2) is 18.2 Å². The van der Waals surface area contributed by atoms with Gasteiger partial charge in [0.25, 0.3) is 0 Å². The summed E-state index contributed by atoms with van der Waals surface area (Å²) in [6.07, 6.45) is -2.84. The van der Waals surface area contributed by atoms with E-state index in [4.69, 9.17) is 11.6 Å². The number of rotatable bonds is 3. The fraction of sp³-hybridized carbons (Fsp3) is 0.467. The second-order valence-electron chi connectivity index (χ2n) is 5.35. The molecule has 2 rings (SSSR count). The Morgan fingerprint density at radius 3 is 2.39 bits per heavy atom. The molecule has 0 N–H and O–H groups in total. The van der Waals surface area contributed by atoms with Crippen LogP contribution in [0.2, 0.25) is 5.02 Å². The van der Waals surface area contributed by atoms with Gasteiger partial charge in [0, 0.05) is 25.7 Å². The number of hydrogen-bond donors (Lipinski definition) is 0. The Bertz CT molecular complexity index is 613. The smallest absolute Gasteiger partial charge is 0.341 e. The molecule has 0 saturated carbocycles. The summed E-state index contributed by atoms with van der Waals surface area (Å²) in [5.41, 5.74) is -1.03. The molecule has 0 spiro atoms. The Morgan fingerprint density at radius 2 is 1.87 bits per heavy atom. The minimum Gasteiger partial charge on any atom is -0.341 e. The normalized spacial score (nSPS) is 14.9. The number of hydrogen-bond acceptors (Lipinski definition) is 2. The van der Waals surface area contributed by atoms with Crippen molar-refractivity contribution in [2.45, 2.75) is 25.9 Å². The topological polar surface area (TPSA) is 40.6 Å². The predicted octanol–water partition coefficient (Wildman–Crippen LogP) is 3.33. The van der Waals surface area contributed by atoms with Gasteiger partial charge in [0.1, 0.15) is 6.54 Å². The van der Waals surface area contributed by atoms with Crippen molar-refractivity contribution in [1.29, 1.82) is 0 Å². The Morgan fingerprint density at radius 1 is 1.26 bits per heavy atom. The Balaban J connectivity index is 2.27. The van der Waals surface area contributed by atoms with Crippen LogP contribution in [-0.4, -0.2) is 36.3 Å². The van der Waals surface area contributed by atoms with Gasteiger partial charge in [-0.25, -0.2) is 0 Å². The number of anilines is 1. The van der Waals surface area contributed by atoms with Crippen molar-refractivity contribution < 1.29 is 22.8 Å². The molecule has 1 aromatic rings. The highest BCUT2D eigenvalue weighted by molar-refractivity contribution is 6.31. The third-order valence-electron chi connectivity index (χ3n) is 3.70. The van der Waals surface area contributed by atoms with Crippen LogP contribution in [-0.2, 0) is 15.8 Å². The van der Waals surface area contributed by atoms with Gasteiger partial charge in [-0.2, -0.15) is 13.2 Å². The quantitative estimate of drug-likeness (QED) is 0.840. The van der Waals surface area contributed by atoms with Gasteiger partial charge >= 0.3 is 6.18 Å². The third kappa shape index (κ3) is 4.16. The van der Waals surface area contributed by atoms with Crippen LogP contribution in [0, 0.1) is 0 Å². The molecule has 1 saturated heterocycles. The monoisotopic (exact) mass is 348 g/mol. The minimum absolute atomic E-state index is 0.00164. The number of benzene rings is 1. The minimum atomic E-state index is -4.63. The zero-order valence-electron chi connectivity index (χ0n) is 12.5. The lowest BCUT2D eigenvalue weighted by atomic mass is 10.1. The Labute approximate surface area is 136 Å². The molecule has 0 aliphatic carbocycles. The van der Waals surface area contributed by atoms with Crippen LogP contribution in [0.3, 0.4) is 0 Å². The van der Waals surface area contributed by atoms with Gasteiger partial charge in [-0.1, -0.05) is 11.6 Å². The Hall–Kier alpha value is -1.76. The van der Waals surface area contributed by atoms with Gasteiger partial charge in [-0.3, -0.25) is 9.59 Å². The molecule has 0 radical (unpaired) electrons. The van der Waals surface area contributed by atoms with E-state index in [1.54, 1.807) is 4.90 Å². The summed E-state index contributed by atoms with van der Waals surface area (Å²) in [6, 6.07) is 3.17. The summed E-state index contributed by atoms with van der Waals surface area (Å²) in [5.74, 6) is -0.783. The van der Waals surface area contributed by atoms with Crippen molar-refractivity contribution in [3.05, 3.63) is 28.8 Å². The zero-order chi connectivity index (χ0) is 17.2. The maximum absolute atomic E-state index is 12.9. The van der Waals surface area contributed by atoms with Crippen LogP contribution in [0.25, 0.3) is 0 Å². The van der Waals surface area contributed by atoms with E-state index in [0.29, 0.717) is 13.1 Å². The van der Waals surface area contributed by atoms with E-state index in [0.717, 1.165) is 29.9 Å². The lowest BCUT2D eigenvalue weighted by molar-refractivity contribution is -0.137. The number of nitrogens with zero attached hydrogens (tertiary/aromatic N) is 2. The average Bonchev–Trinajstić information content (AvgIpc) is 2.98. The summed E-state index contributed by atoms with van der Waals surface area (Å²) < 4.78 is 38.8. The van der Waals surface area contributed by atoms with E-state index in [1.807, 2.05) is 0 Å². The lowest BCUT2D eigenvalue weighted by Gasteiger charge is -2.25. The van der Waals surface area contributed by atoms with Gasteiger partial charge in [-0.05, 0) is 31.0 Å². The number of amides is 2. The van der Waals surface area contributed by atoms with E-state index < -0.39 is 22.7 Å². The van der Waals surface area contributed by atoms with Crippen LogP contribution < -0.4 is 4.90 Å². The summed E-state index contributed by atoms with van der Waals surface area (Å²) in [5, 5.41) is -0.448. The molecule has 126 valence electrons. The van der Waals surface area contributed by atoms with Crippen molar-refractivity contribution in [3.63, 3.8) is 0 Å². The largest absolute Gasteiger partial charge is 0.417 e. The molecule has 1 fully saturated rings. The highest BCUT2D eigenvalue weighted by Gasteiger charge is 2.34. The first-order valence-corrected chi connectivity index (χ1v) is 7.50. The van der Waals surface area contributed by atoms with Gasteiger partial charge in [-0.15, -0.1) is 0 Å². The van der Waals surface area contributed by atoms with Crippen molar-refractivity contribution >= 4 is 29.1 Å². The molecule has 0 aromatic heterocycles. The van der Waals surface area contributed by atoms with Gasteiger partial charge in [0.15, 0.2) is 0 Å². The fourth-order valence-corrected chi connectivity index (χ4v) is 2.71. The first kappa shape index (κ1) is 17.6. The molecule has 4 nitrogen and oxygen atoms in total. The van der Waals surface area contributed by atoms with E-state index in [-0.39, 0.29) is 18.1 Å². The van der Waals surface area contributed by atoms with Crippen molar-refractivity contribution in [3.8, 4) is 0 Å². The van der Waals surface area contributed by atoms with Crippen LogP contribution in [0.4, 0.5) is 18.9 Å². The molecule has 0 unspecified atom stereocenters. The third-order valence-corrected chi connectivity index (χ3v) is 4.03. The summed E-state index contributed by atoms with van der Waals surface area (Å²) in [4.78, 5) is 26.6. The molecular formula is C15H16ClF3N2O2. The van der Waals surface area contributed by atoms with Crippen molar-refractivity contribution in [2.24, 2.45) is 0 Å². The summed E-state index contributed by atoms with van der Waals surface area (Å²) in [7, 11) is 0. The zero-order valence-corrected chi connectivity index (χ0v) is 13.2. The van der Waals surface area contributed by atoms with Gasteiger partial charge < -0.3 is 9.80 Å². The second-order valence-corrected chi connectivity index (χ2v) is 5.76. The molecule has 0 bridgehead atoms. The summed E-state index contributed by atoms with van der Waals surface area (Å²) in [6.45, 7) is 2.14. The highest BCUT2D eigenvalue weighted by atomic mass is 35.5. The van der Waals surface area contributed by atoms with Crippen LogP contribution >= 0.6 is 11.6 Å². The van der Waals surface area contributed by atoms with Crippen molar-refractivity contribution in [2.75, 3.05) is 24.5 Å². The molecule has 1 aliphatic rings. The number of carbonyl (C=O) groups is 2. The van der Waals surface area contributed by atoms with Crippen LogP contribution in [0.1, 0.15) is 25.3 Å². The number of likely N-dealkylation sites (tertiary alicyclic amines) is 1. The molecule has 1 heterocycles. The highest BCUT2D eigenvalue weighted by Crippen LogP contribution is 2.37. The van der Waals surface area contributed by atoms with Crippen LogP contribution in [0.5, 0.6) is 0 Å². The van der Waals surface area contributed by atoms with E-state index in [2.05, 4.69) is 0 Å². The van der Waals surface area contributed by atoms with Crippen molar-refractivity contribution in [1.82, 2.24) is 4.90 Å². The second kappa shape index (κ2) is 6.78. The molecule has 8 heteroatoms. The standard InChI is InChI=1S/C15H16ClF3N2O2/c1-10(22)21(9-14(23)20-6-2-3-7-20)11-4-5-13(16)12(8-11)15(17,18)19/h4-5,8H,2-3,6-7,9H2,1H3. The summed E-state index contributed by atoms with van der Waals surface area (Å²) >= 11 is 5.58. The number of carbonyl (C=O) groups excluding carboxylic acids is 2. The van der Waals surface area contributed by atoms with E-state index in [1.165, 1.54) is 13.0 Å². The first-order valence-electron chi connectivity index (χ1n) is 7.13. The molecule has 0 atom stereocenters. The maximum Gasteiger partial charge on any atom is 0.417 e. The molecule has 23 heavy (non-hydrogen) atoms. The first-order chi connectivity index (χ1) is 10.7. The molecular weight excluding hydrogens is 333 g/mol. The van der Waals surface area contributed by atoms with E-state index >= 15 is 0 Å². The maximum atomic E-state index is 12.9. The predicted molar refractivity (Wildman–Crippen MR) is 80.3 cm³/mol. The Kier molecular flexibility index (Phi) is 5.19.